The molecule has 0 amide bonds. The molecular weight excluding hydrogens is 739 g/mol. The third-order valence-electron chi connectivity index (χ3n) is 13.3. The van der Waals surface area contributed by atoms with Crippen LogP contribution in [0.15, 0.2) is 229 Å². The highest BCUT2D eigenvalue weighted by Crippen LogP contribution is 2.63. The van der Waals surface area contributed by atoms with Gasteiger partial charge in [-0.2, -0.15) is 0 Å². The van der Waals surface area contributed by atoms with Crippen LogP contribution in [0.2, 0.25) is 0 Å². The van der Waals surface area contributed by atoms with E-state index in [9.17, 15) is 0 Å². The molecule has 2 aliphatic rings. The Morgan fingerprint density at radius 2 is 0.836 bits per heavy atom. The highest BCUT2D eigenvalue weighted by atomic mass is 16.3. The minimum absolute atomic E-state index is 0.379. The minimum atomic E-state index is -0.379. The largest absolute Gasteiger partial charge is 0.456 e. The predicted molar refractivity (Wildman–Crippen MR) is 253 cm³/mol. The van der Waals surface area contributed by atoms with E-state index >= 15 is 0 Å². The van der Waals surface area contributed by atoms with Crippen LogP contribution in [0.3, 0.4) is 0 Å². The van der Waals surface area contributed by atoms with E-state index in [0.717, 1.165) is 50.1 Å². The Hall–Kier alpha value is -7.94. The molecule has 0 unspecified atom stereocenters. The Morgan fingerprint density at radius 3 is 1.57 bits per heavy atom. The summed E-state index contributed by atoms with van der Waals surface area (Å²) in [5.74, 6) is 0. The Kier molecular flexibility index (Phi) is 7.26. The van der Waals surface area contributed by atoms with Gasteiger partial charge in [0.2, 0.25) is 0 Å². The molecule has 0 saturated heterocycles. The van der Waals surface area contributed by atoms with Gasteiger partial charge in [-0.3, -0.25) is 0 Å². The van der Waals surface area contributed by atoms with Gasteiger partial charge in [0.1, 0.15) is 11.2 Å². The van der Waals surface area contributed by atoms with Gasteiger partial charge in [-0.25, -0.2) is 0 Å². The SMILES string of the molecule is c1ccc(N(c2ccc(-c3ccc4c(c3)C3(c5ccccc5-c5ccccc53)c3ccccc3-4)cc2)c2cccc3ccccc23)c(-c2ccc3oc4ccccc4c3c2)c1. The minimum Gasteiger partial charge on any atom is -0.456 e. The fourth-order valence-corrected chi connectivity index (χ4v) is 10.7. The predicted octanol–water partition coefficient (Wildman–Crippen LogP) is 15.9. The second-order valence-electron chi connectivity index (χ2n) is 16.4. The molecule has 0 N–H and O–H groups in total. The molecule has 0 aliphatic heterocycles. The van der Waals surface area contributed by atoms with Crippen LogP contribution < -0.4 is 4.90 Å². The van der Waals surface area contributed by atoms with Crippen LogP contribution in [0, 0.1) is 0 Å². The number of anilines is 3. The number of benzene rings is 10. The quantitative estimate of drug-likeness (QED) is 0.173. The summed E-state index contributed by atoms with van der Waals surface area (Å²) in [5.41, 5.74) is 20.1. The topological polar surface area (TPSA) is 16.4 Å². The number of rotatable bonds is 5. The summed E-state index contributed by atoms with van der Waals surface area (Å²) < 4.78 is 6.24. The van der Waals surface area contributed by atoms with Gasteiger partial charge in [0.05, 0.1) is 16.8 Å². The van der Waals surface area contributed by atoms with Crippen molar-refractivity contribution in [2.75, 3.05) is 4.90 Å². The van der Waals surface area contributed by atoms with Crippen LogP contribution in [-0.2, 0) is 5.41 Å². The molecule has 10 aromatic carbocycles. The Morgan fingerprint density at radius 1 is 0.311 bits per heavy atom. The molecule has 2 heteroatoms. The zero-order chi connectivity index (χ0) is 40.1. The second kappa shape index (κ2) is 13.0. The van der Waals surface area contributed by atoms with E-state index in [1.54, 1.807) is 0 Å². The maximum atomic E-state index is 6.24. The number of furan rings is 1. The Balaban J connectivity index is 0.972. The van der Waals surface area contributed by atoms with Gasteiger partial charge in [0.25, 0.3) is 0 Å². The van der Waals surface area contributed by atoms with Crippen molar-refractivity contribution in [3.05, 3.63) is 247 Å². The van der Waals surface area contributed by atoms with Gasteiger partial charge < -0.3 is 9.32 Å². The van der Waals surface area contributed by atoms with Gasteiger partial charge in [-0.15, -0.1) is 0 Å². The zero-order valence-corrected chi connectivity index (χ0v) is 33.2. The third kappa shape index (κ3) is 4.85. The number of hydrogen-bond acceptors (Lipinski definition) is 2. The summed E-state index contributed by atoms with van der Waals surface area (Å²) in [6.07, 6.45) is 0. The summed E-state index contributed by atoms with van der Waals surface area (Å²) in [7, 11) is 0. The molecule has 0 fully saturated rings. The van der Waals surface area contributed by atoms with E-state index in [0.29, 0.717) is 0 Å². The van der Waals surface area contributed by atoms with Gasteiger partial charge in [0, 0.05) is 27.4 Å². The maximum Gasteiger partial charge on any atom is 0.135 e. The summed E-state index contributed by atoms with van der Waals surface area (Å²) in [6, 6.07) is 82.3. The lowest BCUT2D eigenvalue weighted by Gasteiger charge is -2.31. The molecule has 0 bridgehead atoms. The summed E-state index contributed by atoms with van der Waals surface area (Å²) in [5, 5.41) is 4.64. The number of fused-ring (bicyclic) bond motifs is 14. The molecule has 284 valence electrons. The van der Waals surface area contributed by atoms with Crippen LogP contribution in [0.5, 0.6) is 0 Å². The molecule has 0 saturated carbocycles. The van der Waals surface area contributed by atoms with E-state index in [1.165, 1.54) is 66.4 Å². The van der Waals surface area contributed by atoms with Crippen LogP contribution in [0.1, 0.15) is 22.3 Å². The smallest absolute Gasteiger partial charge is 0.135 e. The second-order valence-corrected chi connectivity index (χ2v) is 16.4. The zero-order valence-electron chi connectivity index (χ0n) is 33.2. The maximum absolute atomic E-state index is 6.24. The summed E-state index contributed by atoms with van der Waals surface area (Å²) >= 11 is 0. The van der Waals surface area contributed by atoms with Gasteiger partial charge in [-0.1, -0.05) is 176 Å². The Labute approximate surface area is 354 Å². The van der Waals surface area contributed by atoms with Crippen molar-refractivity contribution in [3.63, 3.8) is 0 Å². The van der Waals surface area contributed by atoms with E-state index in [2.05, 4.69) is 217 Å². The number of para-hydroxylation sites is 2. The van der Waals surface area contributed by atoms with Crippen LogP contribution in [0.25, 0.3) is 77.2 Å². The lowest BCUT2D eigenvalue weighted by Crippen LogP contribution is -2.25. The Bertz CT molecular complexity index is 3490. The van der Waals surface area contributed by atoms with Gasteiger partial charge in [-0.05, 0) is 115 Å². The molecule has 13 rings (SSSR count). The molecule has 2 aliphatic carbocycles. The first-order valence-electron chi connectivity index (χ1n) is 21.1. The number of hydrogen-bond donors (Lipinski definition) is 0. The van der Waals surface area contributed by atoms with E-state index < -0.39 is 0 Å². The van der Waals surface area contributed by atoms with Crippen molar-refractivity contribution >= 4 is 49.8 Å². The molecule has 61 heavy (non-hydrogen) atoms. The highest BCUT2D eigenvalue weighted by molar-refractivity contribution is 6.07. The van der Waals surface area contributed by atoms with Crippen LogP contribution >= 0.6 is 0 Å². The molecule has 1 spiro atoms. The van der Waals surface area contributed by atoms with Gasteiger partial charge in [0.15, 0.2) is 0 Å². The lowest BCUT2D eigenvalue weighted by molar-refractivity contribution is 0.669. The lowest BCUT2D eigenvalue weighted by atomic mass is 9.70. The van der Waals surface area contributed by atoms with Crippen molar-refractivity contribution in [3.8, 4) is 44.5 Å². The summed E-state index contributed by atoms with van der Waals surface area (Å²) in [6.45, 7) is 0. The first kappa shape index (κ1) is 34.0. The van der Waals surface area contributed by atoms with Crippen molar-refractivity contribution in [1.29, 1.82) is 0 Å². The molecule has 11 aromatic rings. The average Bonchev–Trinajstić information content (AvgIpc) is 3.96. The molecule has 0 radical (unpaired) electrons. The van der Waals surface area contributed by atoms with Crippen molar-refractivity contribution in [2.45, 2.75) is 5.41 Å². The standard InChI is InChI=1S/C59H37NO/c1-2-16-43-39(14-1)15-13-26-56(43)60(55-25-11-6-17-44(55)41-31-35-58-50(36-41)49-21-7-12-27-57(49)61-58)42-32-28-38(29-33-42)40-30-34-48-47-20-5-10-24-53(47)59(54(48)37-40)51-22-8-3-18-45(51)46-19-4-9-23-52(46)59/h1-37H. The van der Waals surface area contributed by atoms with Crippen molar-refractivity contribution in [2.24, 2.45) is 0 Å². The fraction of sp³-hybridized carbons (Fsp3) is 0.0169. The molecule has 1 aromatic heterocycles. The molecular formula is C59H37NO. The number of nitrogens with zero attached hydrogens (tertiary/aromatic N) is 1. The molecule has 1 heterocycles. The van der Waals surface area contributed by atoms with Gasteiger partial charge >= 0.3 is 0 Å². The fourth-order valence-electron chi connectivity index (χ4n) is 10.7. The summed E-state index contributed by atoms with van der Waals surface area (Å²) in [4.78, 5) is 2.43. The van der Waals surface area contributed by atoms with E-state index in [1.807, 2.05) is 12.1 Å². The first-order chi connectivity index (χ1) is 30.3. The van der Waals surface area contributed by atoms with Crippen LogP contribution in [0.4, 0.5) is 17.1 Å². The normalized spacial score (nSPS) is 13.0. The molecule has 0 atom stereocenters. The van der Waals surface area contributed by atoms with E-state index in [4.69, 9.17) is 4.42 Å². The molecule has 2 nitrogen and oxygen atoms in total. The van der Waals surface area contributed by atoms with Crippen LogP contribution in [-0.4, -0.2) is 0 Å². The third-order valence-corrected chi connectivity index (χ3v) is 13.3. The van der Waals surface area contributed by atoms with E-state index in [-0.39, 0.29) is 5.41 Å². The van der Waals surface area contributed by atoms with Crippen molar-refractivity contribution in [1.82, 2.24) is 0 Å². The first-order valence-corrected chi connectivity index (χ1v) is 21.1. The highest BCUT2D eigenvalue weighted by Gasteiger charge is 2.51. The van der Waals surface area contributed by atoms with Crippen molar-refractivity contribution < 1.29 is 4.42 Å². The monoisotopic (exact) mass is 775 g/mol. The average molecular weight is 776 g/mol.